The lowest BCUT2D eigenvalue weighted by Crippen LogP contribution is -2.57. The molecule has 0 aliphatic heterocycles. The van der Waals surface area contributed by atoms with Gasteiger partial charge in [0.1, 0.15) is 24.1 Å². The van der Waals surface area contributed by atoms with Crippen LogP contribution in [0.2, 0.25) is 0 Å². The number of carbonyl (C=O) groups excluding carboxylic acids is 1. The Balaban J connectivity index is 1.60. The number of ether oxygens (including phenoxy) is 1. The van der Waals surface area contributed by atoms with Crippen LogP contribution in [0.4, 0.5) is 0 Å². The third kappa shape index (κ3) is 3.52. The molecule has 7 heteroatoms. The van der Waals surface area contributed by atoms with E-state index in [0.717, 1.165) is 0 Å². The van der Waals surface area contributed by atoms with Gasteiger partial charge in [-0.25, -0.2) is 4.98 Å². The van der Waals surface area contributed by atoms with E-state index < -0.39 is 30.3 Å². The molecule has 2 aromatic rings. The minimum Gasteiger partial charge on any atom is -0.488 e. The Kier molecular flexibility index (Phi) is 4.59. The largest absolute Gasteiger partial charge is 0.488 e. The van der Waals surface area contributed by atoms with Gasteiger partial charge < -0.3 is 25.3 Å². The van der Waals surface area contributed by atoms with Crippen LogP contribution < -0.4 is 10.1 Å². The van der Waals surface area contributed by atoms with Crippen LogP contribution in [0, 0.1) is 0 Å². The van der Waals surface area contributed by atoms with Gasteiger partial charge in [0.15, 0.2) is 5.82 Å². The standard InChI is InChI=1S/C16H19N3O4/c20-13-11(19-16(22)15-17-8-9-18-15)6-7-12(14(13)21)23-10-4-2-1-3-5-10/h1-5,8-9,11-14,20-21H,6-7H2,(H,17,18)(H,19,22)/t11-,12-,13+,14+/m1/s1. The van der Waals surface area contributed by atoms with E-state index >= 15 is 0 Å². The molecule has 4 N–H and O–H groups in total. The lowest BCUT2D eigenvalue weighted by molar-refractivity contribution is -0.0874. The molecule has 0 spiro atoms. The fraction of sp³-hybridized carbons (Fsp3) is 0.375. The zero-order valence-electron chi connectivity index (χ0n) is 12.4. The number of rotatable bonds is 4. The summed E-state index contributed by atoms with van der Waals surface area (Å²) in [6, 6.07) is 8.60. The molecule has 1 aromatic carbocycles. The zero-order valence-corrected chi connectivity index (χ0v) is 12.4. The van der Waals surface area contributed by atoms with Gasteiger partial charge in [-0.1, -0.05) is 18.2 Å². The predicted octanol–water partition coefficient (Wildman–Crippen LogP) is 0.471. The van der Waals surface area contributed by atoms with Crippen molar-refractivity contribution in [1.29, 1.82) is 0 Å². The third-order valence-corrected chi connectivity index (χ3v) is 3.97. The molecule has 1 aliphatic rings. The Morgan fingerprint density at radius 1 is 1.22 bits per heavy atom. The second-order valence-electron chi connectivity index (χ2n) is 5.55. The second kappa shape index (κ2) is 6.80. The number of nitrogens with one attached hydrogen (secondary N) is 2. The number of para-hydroxylation sites is 1. The molecular weight excluding hydrogens is 298 g/mol. The SMILES string of the molecule is O=C(N[C@@H]1CC[C@@H](Oc2ccccc2)[C@H](O)[C@H]1O)c1ncc[nH]1. The van der Waals surface area contributed by atoms with Gasteiger partial charge in [-0.3, -0.25) is 4.79 Å². The number of imidazole rings is 1. The molecule has 1 amide bonds. The van der Waals surface area contributed by atoms with Crippen LogP contribution in [0.15, 0.2) is 42.7 Å². The summed E-state index contributed by atoms with van der Waals surface area (Å²) in [4.78, 5) is 18.5. The highest BCUT2D eigenvalue weighted by Gasteiger charge is 2.39. The van der Waals surface area contributed by atoms with Gasteiger partial charge in [-0.05, 0) is 25.0 Å². The van der Waals surface area contributed by atoms with Gasteiger partial charge in [-0.15, -0.1) is 0 Å². The first kappa shape index (κ1) is 15.5. The number of aliphatic hydroxyl groups excluding tert-OH is 2. The van der Waals surface area contributed by atoms with Crippen LogP contribution in [0.5, 0.6) is 5.75 Å². The molecule has 1 aliphatic carbocycles. The Bertz CT molecular complexity index is 632. The number of aromatic nitrogens is 2. The van der Waals surface area contributed by atoms with E-state index in [4.69, 9.17) is 4.74 Å². The highest BCUT2D eigenvalue weighted by atomic mass is 16.5. The summed E-state index contributed by atoms with van der Waals surface area (Å²) in [5.41, 5.74) is 0. The summed E-state index contributed by atoms with van der Waals surface area (Å²) >= 11 is 0. The maximum absolute atomic E-state index is 12.0. The Hall–Kier alpha value is -2.38. The fourth-order valence-electron chi connectivity index (χ4n) is 2.73. The number of H-pyrrole nitrogens is 1. The van der Waals surface area contributed by atoms with E-state index in [-0.39, 0.29) is 5.82 Å². The first-order valence-corrected chi connectivity index (χ1v) is 7.53. The third-order valence-electron chi connectivity index (χ3n) is 3.97. The minimum atomic E-state index is -1.10. The average Bonchev–Trinajstić information content (AvgIpc) is 3.10. The Morgan fingerprint density at radius 3 is 2.70 bits per heavy atom. The van der Waals surface area contributed by atoms with Gasteiger partial charge in [0.05, 0.1) is 6.04 Å². The number of aromatic amines is 1. The maximum Gasteiger partial charge on any atom is 0.287 e. The zero-order chi connectivity index (χ0) is 16.2. The smallest absolute Gasteiger partial charge is 0.287 e. The van der Waals surface area contributed by atoms with Crippen molar-refractivity contribution in [2.45, 2.75) is 37.2 Å². The van der Waals surface area contributed by atoms with Crippen molar-refractivity contribution in [2.24, 2.45) is 0 Å². The molecule has 7 nitrogen and oxygen atoms in total. The lowest BCUT2D eigenvalue weighted by atomic mass is 9.87. The number of benzene rings is 1. The maximum atomic E-state index is 12.0. The van der Waals surface area contributed by atoms with Crippen molar-refractivity contribution in [3.8, 4) is 5.75 Å². The van der Waals surface area contributed by atoms with Crippen molar-refractivity contribution in [1.82, 2.24) is 15.3 Å². The van der Waals surface area contributed by atoms with Gasteiger partial charge in [0.25, 0.3) is 5.91 Å². The van der Waals surface area contributed by atoms with Crippen LogP contribution >= 0.6 is 0 Å². The van der Waals surface area contributed by atoms with Crippen LogP contribution in [0.1, 0.15) is 23.5 Å². The highest BCUT2D eigenvalue weighted by Crippen LogP contribution is 2.25. The summed E-state index contributed by atoms with van der Waals surface area (Å²) in [6.07, 6.45) is 1.36. The molecule has 1 aromatic heterocycles. The average molecular weight is 317 g/mol. The van der Waals surface area contributed by atoms with Crippen molar-refractivity contribution in [2.75, 3.05) is 0 Å². The monoisotopic (exact) mass is 317 g/mol. The Morgan fingerprint density at radius 2 is 2.00 bits per heavy atom. The Labute approximate surface area is 133 Å². The van der Waals surface area contributed by atoms with E-state index in [2.05, 4.69) is 15.3 Å². The first-order valence-electron chi connectivity index (χ1n) is 7.53. The van der Waals surface area contributed by atoms with Crippen LogP contribution in [-0.2, 0) is 0 Å². The molecule has 122 valence electrons. The molecule has 3 rings (SSSR count). The number of aliphatic hydroxyl groups is 2. The number of hydrogen-bond acceptors (Lipinski definition) is 5. The van der Waals surface area contributed by atoms with Crippen molar-refractivity contribution >= 4 is 5.91 Å². The molecule has 4 atom stereocenters. The fourth-order valence-corrected chi connectivity index (χ4v) is 2.73. The molecule has 23 heavy (non-hydrogen) atoms. The summed E-state index contributed by atoms with van der Waals surface area (Å²) in [6.45, 7) is 0. The van der Waals surface area contributed by atoms with Crippen LogP contribution in [0.25, 0.3) is 0 Å². The van der Waals surface area contributed by atoms with Gasteiger partial charge in [0, 0.05) is 12.4 Å². The molecule has 0 saturated heterocycles. The van der Waals surface area contributed by atoms with Gasteiger partial charge in [-0.2, -0.15) is 0 Å². The normalized spacial score (nSPS) is 27.4. The van der Waals surface area contributed by atoms with E-state index in [1.54, 1.807) is 18.3 Å². The molecule has 0 bridgehead atoms. The summed E-state index contributed by atoms with van der Waals surface area (Å²) < 4.78 is 5.72. The molecule has 1 heterocycles. The first-order chi connectivity index (χ1) is 11.1. The molecule has 1 saturated carbocycles. The van der Waals surface area contributed by atoms with E-state index in [9.17, 15) is 15.0 Å². The molecule has 0 radical (unpaired) electrons. The molecular formula is C16H19N3O4. The number of amides is 1. The van der Waals surface area contributed by atoms with Crippen molar-refractivity contribution < 1.29 is 19.7 Å². The van der Waals surface area contributed by atoms with E-state index in [0.29, 0.717) is 18.6 Å². The van der Waals surface area contributed by atoms with E-state index in [1.807, 2.05) is 18.2 Å². The number of carbonyl (C=O) groups is 1. The summed E-state index contributed by atoms with van der Waals surface area (Å²) in [5.74, 6) is 0.407. The summed E-state index contributed by atoms with van der Waals surface area (Å²) in [5, 5.41) is 23.2. The lowest BCUT2D eigenvalue weighted by Gasteiger charge is -2.37. The van der Waals surface area contributed by atoms with E-state index in [1.165, 1.54) is 6.20 Å². The molecule has 0 unspecified atom stereocenters. The molecule has 1 fully saturated rings. The van der Waals surface area contributed by atoms with Crippen molar-refractivity contribution in [3.63, 3.8) is 0 Å². The minimum absolute atomic E-state index is 0.175. The quantitative estimate of drug-likeness (QED) is 0.656. The number of hydrogen-bond donors (Lipinski definition) is 4. The van der Waals surface area contributed by atoms with Crippen LogP contribution in [0.3, 0.4) is 0 Å². The van der Waals surface area contributed by atoms with Crippen LogP contribution in [-0.4, -0.2) is 50.4 Å². The highest BCUT2D eigenvalue weighted by molar-refractivity contribution is 5.90. The second-order valence-corrected chi connectivity index (χ2v) is 5.55. The van der Waals surface area contributed by atoms with Gasteiger partial charge in [0.2, 0.25) is 0 Å². The topological polar surface area (TPSA) is 107 Å². The van der Waals surface area contributed by atoms with Gasteiger partial charge >= 0.3 is 0 Å². The number of nitrogens with zero attached hydrogens (tertiary/aromatic N) is 1. The van der Waals surface area contributed by atoms with Crippen molar-refractivity contribution in [3.05, 3.63) is 48.5 Å². The predicted molar refractivity (Wildman–Crippen MR) is 81.9 cm³/mol. The summed E-state index contributed by atoms with van der Waals surface area (Å²) in [7, 11) is 0.